The van der Waals surface area contributed by atoms with E-state index >= 15 is 0 Å². The third-order valence-corrected chi connectivity index (χ3v) is 6.53. The smallest absolute Gasteiger partial charge is 0.321 e. The average Bonchev–Trinajstić information content (AvgIpc) is 3.28. The fraction of sp³-hybridized carbons (Fsp3) is 0.273. The van der Waals surface area contributed by atoms with Gasteiger partial charge in [-0.2, -0.15) is 0 Å². The molecule has 0 radical (unpaired) electrons. The number of carbonyl (C=O) groups excluding carboxylic acids is 2. The number of nitrogens with zero attached hydrogens (tertiary/aromatic N) is 3. The molecule has 0 unspecified atom stereocenters. The largest absolute Gasteiger partial charge is 0.324 e. The van der Waals surface area contributed by atoms with Gasteiger partial charge < -0.3 is 15.5 Å². The predicted molar refractivity (Wildman–Crippen MR) is 123 cm³/mol. The van der Waals surface area contributed by atoms with Gasteiger partial charge in [0.15, 0.2) is 0 Å². The van der Waals surface area contributed by atoms with E-state index in [1.807, 2.05) is 43.3 Å². The average molecular weight is 456 g/mol. The van der Waals surface area contributed by atoms with Gasteiger partial charge in [-0.1, -0.05) is 52.8 Å². The van der Waals surface area contributed by atoms with Gasteiger partial charge in [0.2, 0.25) is 5.01 Å². The van der Waals surface area contributed by atoms with Gasteiger partial charge in [-0.3, -0.25) is 4.79 Å². The summed E-state index contributed by atoms with van der Waals surface area (Å²) in [5.74, 6) is -0.235. The normalized spacial score (nSPS) is 16.1. The van der Waals surface area contributed by atoms with Crippen molar-refractivity contribution in [2.75, 3.05) is 23.7 Å². The standard InChI is InChI=1S/C22H22ClN5O2S/c1-14-8-10-16(11-9-14)24-19(29)21-27-26-20(31-21)15-5-4-12-28(13-15)22(30)25-18-7-3-2-6-17(18)23/h2-3,6-11,15H,4-5,12-13H2,1H3,(H,24,29)(H,25,30)/t15-/m0/s1. The van der Waals surface area contributed by atoms with Crippen LogP contribution in [0, 0.1) is 6.92 Å². The Kier molecular flexibility index (Phi) is 6.48. The number of halogens is 1. The quantitative estimate of drug-likeness (QED) is 0.568. The van der Waals surface area contributed by atoms with Crippen molar-refractivity contribution in [3.05, 3.63) is 69.1 Å². The minimum absolute atomic E-state index is 0.0455. The van der Waals surface area contributed by atoms with Crippen LogP contribution in [-0.4, -0.2) is 40.1 Å². The molecule has 3 aromatic rings. The van der Waals surface area contributed by atoms with Crippen LogP contribution in [0.2, 0.25) is 5.02 Å². The first-order valence-electron chi connectivity index (χ1n) is 10.0. The van der Waals surface area contributed by atoms with Crippen molar-refractivity contribution in [2.45, 2.75) is 25.7 Å². The zero-order valence-corrected chi connectivity index (χ0v) is 18.5. The Bertz CT molecular complexity index is 1090. The van der Waals surface area contributed by atoms with E-state index in [1.54, 1.807) is 17.0 Å². The zero-order chi connectivity index (χ0) is 21.8. The zero-order valence-electron chi connectivity index (χ0n) is 17.0. The molecule has 4 rings (SSSR count). The summed E-state index contributed by atoms with van der Waals surface area (Å²) in [5, 5.41) is 15.6. The summed E-state index contributed by atoms with van der Waals surface area (Å²) < 4.78 is 0. The lowest BCUT2D eigenvalue weighted by Gasteiger charge is -2.31. The molecule has 31 heavy (non-hydrogen) atoms. The monoisotopic (exact) mass is 455 g/mol. The van der Waals surface area contributed by atoms with Crippen LogP contribution in [0.1, 0.15) is 39.1 Å². The van der Waals surface area contributed by atoms with Crippen molar-refractivity contribution in [1.29, 1.82) is 0 Å². The van der Waals surface area contributed by atoms with E-state index in [2.05, 4.69) is 20.8 Å². The summed E-state index contributed by atoms with van der Waals surface area (Å²) in [5.41, 5.74) is 2.42. The van der Waals surface area contributed by atoms with Crippen LogP contribution in [0.15, 0.2) is 48.5 Å². The highest BCUT2D eigenvalue weighted by molar-refractivity contribution is 7.13. The summed E-state index contributed by atoms with van der Waals surface area (Å²) in [6.45, 7) is 3.17. The van der Waals surface area contributed by atoms with E-state index in [9.17, 15) is 9.59 Å². The van der Waals surface area contributed by atoms with Gasteiger partial charge in [-0.15, -0.1) is 10.2 Å². The number of carbonyl (C=O) groups is 2. The molecular weight excluding hydrogens is 434 g/mol. The second-order valence-electron chi connectivity index (χ2n) is 7.46. The molecule has 1 aromatic heterocycles. The number of anilines is 2. The fourth-order valence-electron chi connectivity index (χ4n) is 3.43. The second kappa shape index (κ2) is 9.45. The molecule has 2 aromatic carbocycles. The fourth-order valence-corrected chi connectivity index (χ4v) is 4.48. The Morgan fingerprint density at radius 2 is 1.87 bits per heavy atom. The van der Waals surface area contributed by atoms with Crippen LogP contribution in [0.5, 0.6) is 0 Å². The maximum absolute atomic E-state index is 12.7. The first kappa shape index (κ1) is 21.3. The van der Waals surface area contributed by atoms with Crippen molar-refractivity contribution in [3.63, 3.8) is 0 Å². The number of piperidine rings is 1. The Morgan fingerprint density at radius 3 is 2.65 bits per heavy atom. The lowest BCUT2D eigenvalue weighted by Crippen LogP contribution is -2.41. The van der Waals surface area contributed by atoms with E-state index in [0.29, 0.717) is 34.5 Å². The third kappa shape index (κ3) is 5.21. The van der Waals surface area contributed by atoms with Gasteiger partial charge in [0, 0.05) is 24.7 Å². The number of rotatable bonds is 4. The summed E-state index contributed by atoms with van der Waals surface area (Å²) >= 11 is 7.42. The highest BCUT2D eigenvalue weighted by Gasteiger charge is 2.28. The molecule has 1 atom stereocenters. The summed E-state index contributed by atoms with van der Waals surface area (Å²) in [4.78, 5) is 27.0. The molecule has 2 N–H and O–H groups in total. The molecule has 7 nitrogen and oxygen atoms in total. The number of para-hydroxylation sites is 1. The molecule has 0 aliphatic carbocycles. The molecule has 1 fully saturated rings. The number of aryl methyl sites for hydroxylation is 1. The molecule has 0 bridgehead atoms. The Labute approximate surface area is 189 Å². The minimum Gasteiger partial charge on any atom is -0.324 e. The molecule has 3 amide bonds. The molecule has 1 aliphatic heterocycles. The number of likely N-dealkylation sites (tertiary alicyclic amines) is 1. The van der Waals surface area contributed by atoms with Crippen molar-refractivity contribution >= 4 is 46.3 Å². The first-order chi connectivity index (χ1) is 15.0. The maximum atomic E-state index is 12.7. The number of amides is 3. The van der Waals surface area contributed by atoms with Crippen molar-refractivity contribution in [2.24, 2.45) is 0 Å². The van der Waals surface area contributed by atoms with Crippen LogP contribution < -0.4 is 10.6 Å². The number of nitrogens with one attached hydrogen (secondary N) is 2. The van der Waals surface area contributed by atoms with Gasteiger partial charge in [-0.05, 0) is 44.0 Å². The highest BCUT2D eigenvalue weighted by Crippen LogP contribution is 2.30. The Hall–Kier alpha value is -2.97. The summed E-state index contributed by atoms with van der Waals surface area (Å²) in [6.07, 6.45) is 1.75. The van der Waals surface area contributed by atoms with E-state index in [1.165, 1.54) is 11.3 Å². The van der Waals surface area contributed by atoms with E-state index in [0.717, 1.165) is 23.4 Å². The minimum atomic E-state index is -0.281. The van der Waals surface area contributed by atoms with E-state index in [-0.39, 0.29) is 17.9 Å². The molecule has 9 heteroatoms. The Balaban J connectivity index is 1.39. The number of aromatic nitrogens is 2. The molecule has 0 saturated carbocycles. The maximum Gasteiger partial charge on any atom is 0.321 e. The van der Waals surface area contributed by atoms with E-state index < -0.39 is 0 Å². The van der Waals surface area contributed by atoms with Gasteiger partial charge >= 0.3 is 6.03 Å². The van der Waals surface area contributed by atoms with Gasteiger partial charge in [0.25, 0.3) is 5.91 Å². The van der Waals surface area contributed by atoms with Crippen LogP contribution in [0.4, 0.5) is 16.2 Å². The first-order valence-corrected chi connectivity index (χ1v) is 11.2. The SMILES string of the molecule is Cc1ccc(NC(=O)c2nnc([C@H]3CCCN(C(=O)Nc4ccccc4Cl)C3)s2)cc1. The van der Waals surface area contributed by atoms with Crippen LogP contribution in [0.25, 0.3) is 0 Å². The number of hydrogen-bond donors (Lipinski definition) is 2. The van der Waals surface area contributed by atoms with Crippen molar-refractivity contribution in [1.82, 2.24) is 15.1 Å². The summed E-state index contributed by atoms with van der Waals surface area (Å²) in [6, 6.07) is 14.5. The molecule has 1 aliphatic rings. The third-order valence-electron chi connectivity index (χ3n) is 5.12. The number of benzene rings is 2. The van der Waals surface area contributed by atoms with Crippen LogP contribution in [0.3, 0.4) is 0 Å². The van der Waals surface area contributed by atoms with E-state index in [4.69, 9.17) is 11.6 Å². The van der Waals surface area contributed by atoms with Gasteiger partial charge in [0.05, 0.1) is 10.7 Å². The van der Waals surface area contributed by atoms with Crippen LogP contribution >= 0.6 is 22.9 Å². The van der Waals surface area contributed by atoms with Crippen LogP contribution in [-0.2, 0) is 0 Å². The van der Waals surface area contributed by atoms with Gasteiger partial charge in [0.1, 0.15) is 5.01 Å². The second-order valence-corrected chi connectivity index (χ2v) is 8.88. The highest BCUT2D eigenvalue weighted by atomic mass is 35.5. The van der Waals surface area contributed by atoms with Crippen molar-refractivity contribution < 1.29 is 9.59 Å². The van der Waals surface area contributed by atoms with Gasteiger partial charge in [-0.25, -0.2) is 4.79 Å². The predicted octanol–water partition coefficient (Wildman–Crippen LogP) is 5.16. The molecule has 2 heterocycles. The topological polar surface area (TPSA) is 87.2 Å². The number of urea groups is 1. The van der Waals surface area contributed by atoms with Crippen molar-refractivity contribution in [3.8, 4) is 0 Å². The molecule has 1 saturated heterocycles. The molecule has 0 spiro atoms. The Morgan fingerprint density at radius 1 is 1.10 bits per heavy atom. The lowest BCUT2D eigenvalue weighted by molar-refractivity contribution is 0.102. The number of hydrogen-bond acceptors (Lipinski definition) is 5. The molecular formula is C22H22ClN5O2S. The lowest BCUT2D eigenvalue weighted by atomic mass is 9.99. The summed E-state index contributed by atoms with van der Waals surface area (Å²) in [7, 11) is 0. The molecule has 160 valence electrons.